The first-order valence-electron chi connectivity index (χ1n) is 8.90. The lowest BCUT2D eigenvalue weighted by atomic mass is 9.89. The maximum absolute atomic E-state index is 12.8. The number of likely N-dealkylation sites (tertiary alicyclic amines) is 1. The van der Waals surface area contributed by atoms with Gasteiger partial charge in [-0.25, -0.2) is 0 Å². The molecule has 2 aromatic rings. The highest BCUT2D eigenvalue weighted by atomic mass is 16.4. The number of carboxylic acids is 1. The lowest BCUT2D eigenvalue weighted by Crippen LogP contribution is -2.33. The van der Waals surface area contributed by atoms with E-state index in [0.717, 1.165) is 5.56 Å². The van der Waals surface area contributed by atoms with Gasteiger partial charge in [0.2, 0.25) is 5.91 Å². The van der Waals surface area contributed by atoms with Gasteiger partial charge >= 0.3 is 5.97 Å². The molecule has 0 radical (unpaired) electrons. The fourth-order valence-electron chi connectivity index (χ4n) is 3.88. The number of carbonyl (C=O) groups excluding carboxylic acids is 2. The molecular weight excluding hydrogens is 346 g/mol. The minimum absolute atomic E-state index is 0.00615. The van der Waals surface area contributed by atoms with E-state index in [9.17, 15) is 19.5 Å². The van der Waals surface area contributed by atoms with E-state index in [4.69, 9.17) is 0 Å². The zero-order chi connectivity index (χ0) is 19.7. The minimum atomic E-state index is -0.899. The lowest BCUT2D eigenvalue weighted by Gasteiger charge is -2.17. The number of carbonyl (C=O) groups is 3. The molecule has 2 heterocycles. The number of carboxylic acid groups (broad SMARTS) is 1. The quantitative estimate of drug-likeness (QED) is 0.814. The molecule has 1 saturated heterocycles. The molecule has 3 rings (SSSR count). The molecule has 27 heavy (non-hydrogen) atoms. The van der Waals surface area contributed by atoms with E-state index in [1.165, 1.54) is 11.6 Å². The largest absolute Gasteiger partial charge is 0.481 e. The summed E-state index contributed by atoms with van der Waals surface area (Å²) in [4.78, 5) is 37.8. The van der Waals surface area contributed by atoms with Crippen molar-refractivity contribution in [2.45, 2.75) is 33.2 Å². The second-order valence-electron chi connectivity index (χ2n) is 7.02. The van der Waals surface area contributed by atoms with Gasteiger partial charge in [-0.15, -0.1) is 0 Å². The van der Waals surface area contributed by atoms with Crippen LogP contribution in [0.15, 0.2) is 30.3 Å². The van der Waals surface area contributed by atoms with Gasteiger partial charge in [0.25, 0.3) is 0 Å². The molecule has 0 unspecified atom stereocenters. The van der Waals surface area contributed by atoms with Crippen LogP contribution in [0.5, 0.6) is 0 Å². The maximum Gasteiger partial charge on any atom is 0.308 e. The van der Waals surface area contributed by atoms with Crippen molar-refractivity contribution in [2.24, 2.45) is 5.92 Å². The van der Waals surface area contributed by atoms with Crippen LogP contribution in [0, 0.1) is 19.8 Å². The van der Waals surface area contributed by atoms with Crippen LogP contribution in [0.1, 0.15) is 40.2 Å². The average Bonchev–Trinajstić information content (AvgIpc) is 3.18. The van der Waals surface area contributed by atoms with Crippen molar-refractivity contribution < 1.29 is 19.5 Å². The number of nitrogens with zero attached hydrogens (tertiary/aromatic N) is 3. The predicted octanol–water partition coefficient (Wildman–Crippen LogP) is 2.03. The van der Waals surface area contributed by atoms with Gasteiger partial charge in [-0.1, -0.05) is 30.3 Å². The molecule has 0 saturated carbocycles. The molecule has 1 aliphatic rings. The molecule has 1 amide bonds. The average molecular weight is 369 g/mol. The van der Waals surface area contributed by atoms with Gasteiger partial charge in [0.1, 0.15) is 6.54 Å². The molecule has 1 N–H and O–H groups in total. The third-order valence-electron chi connectivity index (χ3n) is 5.24. The van der Waals surface area contributed by atoms with Gasteiger partial charge in [0, 0.05) is 24.7 Å². The number of benzene rings is 1. The van der Waals surface area contributed by atoms with E-state index in [1.54, 1.807) is 18.7 Å². The highest BCUT2D eigenvalue weighted by molar-refractivity contribution is 5.96. The maximum atomic E-state index is 12.8. The van der Waals surface area contributed by atoms with Gasteiger partial charge < -0.3 is 10.0 Å². The van der Waals surface area contributed by atoms with Gasteiger partial charge in [-0.2, -0.15) is 5.10 Å². The Morgan fingerprint density at radius 1 is 1.15 bits per heavy atom. The Morgan fingerprint density at radius 2 is 1.81 bits per heavy atom. The molecule has 7 nitrogen and oxygen atoms in total. The number of aryl methyl sites for hydroxylation is 1. The third-order valence-corrected chi connectivity index (χ3v) is 5.24. The number of aromatic nitrogens is 2. The Morgan fingerprint density at radius 3 is 2.37 bits per heavy atom. The molecule has 1 fully saturated rings. The van der Waals surface area contributed by atoms with Gasteiger partial charge in [0.05, 0.1) is 17.2 Å². The highest BCUT2D eigenvalue weighted by Gasteiger charge is 2.40. The molecule has 7 heteroatoms. The first kappa shape index (κ1) is 18.8. The molecule has 1 aliphatic heterocycles. The van der Waals surface area contributed by atoms with Crippen molar-refractivity contribution in [3.63, 3.8) is 0 Å². The van der Waals surface area contributed by atoms with Crippen LogP contribution in [-0.2, 0) is 16.1 Å². The van der Waals surface area contributed by atoms with E-state index < -0.39 is 11.9 Å². The smallest absolute Gasteiger partial charge is 0.308 e. The number of aliphatic carboxylic acids is 1. The van der Waals surface area contributed by atoms with Crippen LogP contribution in [0.2, 0.25) is 0 Å². The molecule has 0 spiro atoms. The van der Waals surface area contributed by atoms with Crippen molar-refractivity contribution in [2.75, 3.05) is 13.1 Å². The van der Waals surface area contributed by atoms with Crippen molar-refractivity contribution in [1.29, 1.82) is 0 Å². The van der Waals surface area contributed by atoms with Crippen molar-refractivity contribution in [1.82, 2.24) is 14.7 Å². The standard InChI is InChI=1S/C20H23N3O4/c1-12-19(14(3)24)13(2)23(21-12)11-18(25)22-9-16(17(10-22)20(26)27)15-7-5-4-6-8-15/h4-8,16-17H,9-11H2,1-3H3,(H,26,27)/t16-,17+/m1/s1. The number of amides is 1. The third kappa shape index (κ3) is 3.63. The Labute approximate surface area is 157 Å². The topological polar surface area (TPSA) is 92.5 Å². The van der Waals surface area contributed by atoms with Gasteiger partial charge in [0.15, 0.2) is 5.78 Å². The number of Topliss-reactive ketones (excluding diaryl/α,β-unsaturated/α-hetero) is 1. The summed E-state index contributed by atoms with van der Waals surface area (Å²) in [6.45, 7) is 5.51. The molecular formula is C20H23N3O4. The second-order valence-corrected chi connectivity index (χ2v) is 7.02. The molecule has 1 aromatic heterocycles. The van der Waals surface area contributed by atoms with E-state index in [1.807, 2.05) is 30.3 Å². The molecule has 0 bridgehead atoms. The Hall–Kier alpha value is -2.96. The summed E-state index contributed by atoms with van der Waals surface area (Å²) < 4.78 is 1.53. The fourth-order valence-corrected chi connectivity index (χ4v) is 3.88. The van der Waals surface area contributed by atoms with E-state index >= 15 is 0 Å². The predicted molar refractivity (Wildman–Crippen MR) is 98.6 cm³/mol. The van der Waals surface area contributed by atoms with Crippen LogP contribution >= 0.6 is 0 Å². The van der Waals surface area contributed by atoms with Crippen LogP contribution in [0.3, 0.4) is 0 Å². The van der Waals surface area contributed by atoms with Crippen LogP contribution in [-0.4, -0.2) is 50.5 Å². The molecule has 1 aromatic carbocycles. The Kier molecular flexibility index (Phi) is 5.12. The summed E-state index contributed by atoms with van der Waals surface area (Å²) in [5, 5.41) is 13.9. The molecule has 2 atom stereocenters. The SMILES string of the molecule is CC(=O)c1c(C)nn(CC(=O)N2C[C@H](C(=O)O)[C@@H](c3ccccc3)C2)c1C. The monoisotopic (exact) mass is 369 g/mol. The van der Waals surface area contributed by atoms with Crippen molar-refractivity contribution in [3.05, 3.63) is 52.8 Å². The summed E-state index contributed by atoms with van der Waals surface area (Å²) in [6.07, 6.45) is 0. The molecule has 142 valence electrons. The summed E-state index contributed by atoms with van der Waals surface area (Å²) in [6, 6.07) is 9.42. The zero-order valence-electron chi connectivity index (χ0n) is 15.7. The number of rotatable bonds is 5. The first-order chi connectivity index (χ1) is 12.8. The van der Waals surface area contributed by atoms with Crippen LogP contribution in [0.25, 0.3) is 0 Å². The lowest BCUT2D eigenvalue weighted by molar-refractivity contribution is -0.141. The second kappa shape index (κ2) is 7.34. The van der Waals surface area contributed by atoms with Crippen molar-refractivity contribution in [3.8, 4) is 0 Å². The first-order valence-corrected chi connectivity index (χ1v) is 8.90. The van der Waals surface area contributed by atoms with Gasteiger partial charge in [-0.05, 0) is 26.3 Å². The summed E-state index contributed by atoms with van der Waals surface area (Å²) in [5.41, 5.74) is 2.71. The highest BCUT2D eigenvalue weighted by Crippen LogP contribution is 2.33. The summed E-state index contributed by atoms with van der Waals surface area (Å²) >= 11 is 0. The molecule has 0 aliphatic carbocycles. The normalized spacial score (nSPS) is 19.3. The van der Waals surface area contributed by atoms with E-state index in [-0.39, 0.29) is 30.7 Å². The minimum Gasteiger partial charge on any atom is -0.481 e. The fraction of sp³-hybridized carbons (Fsp3) is 0.400. The van der Waals surface area contributed by atoms with Gasteiger partial charge in [-0.3, -0.25) is 19.1 Å². The van der Waals surface area contributed by atoms with Crippen LogP contribution in [0.4, 0.5) is 0 Å². The summed E-state index contributed by atoms with van der Waals surface area (Å²) in [5.74, 6) is -2.05. The van der Waals surface area contributed by atoms with Crippen LogP contribution < -0.4 is 0 Å². The number of hydrogen-bond donors (Lipinski definition) is 1. The van der Waals surface area contributed by atoms with E-state index in [2.05, 4.69) is 5.10 Å². The summed E-state index contributed by atoms with van der Waals surface area (Å²) in [7, 11) is 0. The Balaban J connectivity index is 1.79. The van der Waals surface area contributed by atoms with Crippen molar-refractivity contribution >= 4 is 17.7 Å². The van der Waals surface area contributed by atoms with E-state index in [0.29, 0.717) is 23.5 Å². The Bertz CT molecular complexity index is 888. The zero-order valence-corrected chi connectivity index (χ0v) is 15.7. The number of hydrogen-bond acceptors (Lipinski definition) is 4. The number of ketones is 1.